The van der Waals surface area contributed by atoms with E-state index in [4.69, 9.17) is 14.2 Å². The number of cyclic esters (lactones) is 1. The SMILES string of the molecule is N#Cc1cc(OCc2cn[nH]c2)cc2c1CC(CNCCC1CN(c3cnc4c(n3)NC(=O)CO4)C(=O)O1)C2. The number of amides is 2. The third-order valence-corrected chi connectivity index (χ3v) is 6.95. The fourth-order valence-electron chi connectivity index (χ4n) is 5.06. The highest BCUT2D eigenvalue weighted by atomic mass is 16.6. The molecule has 39 heavy (non-hydrogen) atoms. The number of rotatable bonds is 9. The summed E-state index contributed by atoms with van der Waals surface area (Å²) in [7, 11) is 0. The van der Waals surface area contributed by atoms with Crippen molar-refractivity contribution in [2.24, 2.45) is 5.92 Å². The van der Waals surface area contributed by atoms with E-state index in [2.05, 4.69) is 36.9 Å². The van der Waals surface area contributed by atoms with E-state index in [-0.39, 0.29) is 30.3 Å². The van der Waals surface area contributed by atoms with Crippen LogP contribution in [0, 0.1) is 17.2 Å². The molecule has 1 fully saturated rings. The molecular formula is C26H26N8O5. The number of aromatic amines is 1. The fraction of sp³-hybridized carbons (Fsp3) is 0.385. The van der Waals surface area contributed by atoms with Crippen molar-refractivity contribution in [3.05, 3.63) is 53.0 Å². The molecule has 3 N–H and O–H groups in total. The summed E-state index contributed by atoms with van der Waals surface area (Å²) < 4.78 is 16.6. The largest absolute Gasteiger partial charge is 0.489 e. The molecule has 2 amide bonds. The highest BCUT2D eigenvalue weighted by Crippen LogP contribution is 2.33. The third kappa shape index (κ3) is 5.32. The van der Waals surface area contributed by atoms with Gasteiger partial charge in [0.1, 0.15) is 18.5 Å². The summed E-state index contributed by atoms with van der Waals surface area (Å²) >= 11 is 0. The van der Waals surface area contributed by atoms with Gasteiger partial charge in [-0.25, -0.2) is 14.8 Å². The van der Waals surface area contributed by atoms with Gasteiger partial charge >= 0.3 is 6.09 Å². The van der Waals surface area contributed by atoms with Crippen LogP contribution in [0.15, 0.2) is 30.7 Å². The molecule has 1 aliphatic carbocycles. The number of nitrogens with one attached hydrogen (secondary N) is 3. The van der Waals surface area contributed by atoms with Crippen molar-refractivity contribution >= 4 is 23.6 Å². The molecule has 1 aromatic carbocycles. The van der Waals surface area contributed by atoms with E-state index in [9.17, 15) is 14.9 Å². The Kier molecular flexibility index (Phi) is 6.68. The molecule has 200 valence electrons. The molecule has 4 heterocycles. The minimum atomic E-state index is -0.502. The van der Waals surface area contributed by atoms with Gasteiger partial charge in [-0.1, -0.05) is 0 Å². The van der Waals surface area contributed by atoms with Crippen LogP contribution in [0.4, 0.5) is 16.4 Å². The van der Waals surface area contributed by atoms with Crippen molar-refractivity contribution in [3.8, 4) is 17.7 Å². The molecule has 0 saturated carbocycles. The van der Waals surface area contributed by atoms with E-state index in [0.717, 1.165) is 36.1 Å². The Morgan fingerprint density at radius 2 is 2.18 bits per heavy atom. The summed E-state index contributed by atoms with van der Waals surface area (Å²) in [5.41, 5.74) is 3.83. The van der Waals surface area contributed by atoms with Crippen LogP contribution in [-0.4, -0.2) is 64.5 Å². The van der Waals surface area contributed by atoms with E-state index >= 15 is 0 Å². The first-order valence-electron chi connectivity index (χ1n) is 12.7. The zero-order chi connectivity index (χ0) is 26.8. The third-order valence-electron chi connectivity index (χ3n) is 6.95. The molecule has 6 rings (SSSR count). The number of H-pyrrole nitrogens is 1. The molecule has 2 aliphatic heterocycles. The lowest BCUT2D eigenvalue weighted by Gasteiger charge is -2.18. The normalized spacial score (nSPS) is 19.5. The smallest absolute Gasteiger partial charge is 0.415 e. The lowest BCUT2D eigenvalue weighted by molar-refractivity contribution is -0.118. The molecule has 2 aromatic heterocycles. The Morgan fingerprint density at radius 3 is 3.03 bits per heavy atom. The Hall–Kier alpha value is -4.70. The first-order valence-corrected chi connectivity index (χ1v) is 12.7. The van der Waals surface area contributed by atoms with Gasteiger partial charge in [-0.15, -0.1) is 0 Å². The molecule has 2 unspecified atom stereocenters. The zero-order valence-corrected chi connectivity index (χ0v) is 21.0. The molecule has 13 heteroatoms. The van der Waals surface area contributed by atoms with Crippen molar-refractivity contribution in [1.82, 2.24) is 25.5 Å². The molecule has 3 aliphatic rings. The number of carbonyl (C=O) groups is 2. The molecule has 3 aromatic rings. The lowest BCUT2D eigenvalue weighted by atomic mass is 10.0. The maximum atomic E-state index is 12.4. The first kappa shape index (κ1) is 24.6. The standard InChI is InChI=1S/C26H26N8O5/c27-7-18-6-20(37-13-16-9-30-31-10-16)5-17-3-15(4-21(17)18)8-28-2-1-19-12-34(26(36)39-19)22-11-29-25-24(32-22)33-23(35)14-38-25/h5-6,9-11,15,19,28H,1-4,8,12-14H2,(H,30,31)(H,32,33,35). The number of fused-ring (bicyclic) bond motifs is 2. The second kappa shape index (κ2) is 10.6. The van der Waals surface area contributed by atoms with Gasteiger partial charge in [0.2, 0.25) is 0 Å². The molecule has 0 spiro atoms. The molecule has 13 nitrogen and oxygen atoms in total. The number of ether oxygens (including phenoxy) is 3. The summed E-state index contributed by atoms with van der Waals surface area (Å²) in [6.07, 6.45) is 6.45. The monoisotopic (exact) mass is 530 g/mol. The van der Waals surface area contributed by atoms with Crippen molar-refractivity contribution in [2.75, 3.05) is 36.5 Å². The number of anilines is 2. The summed E-state index contributed by atoms with van der Waals surface area (Å²) in [5, 5.41) is 22.4. The number of aromatic nitrogens is 4. The highest BCUT2D eigenvalue weighted by molar-refractivity contribution is 5.94. The van der Waals surface area contributed by atoms with Crippen LogP contribution < -0.4 is 25.0 Å². The average Bonchev–Trinajstić information content (AvgIpc) is 3.69. The van der Waals surface area contributed by atoms with Crippen LogP contribution in [0.1, 0.15) is 28.7 Å². The number of hydrogen-bond donors (Lipinski definition) is 3. The van der Waals surface area contributed by atoms with Crippen LogP contribution in [0.3, 0.4) is 0 Å². The number of hydrogen-bond acceptors (Lipinski definition) is 10. The number of nitrogens with zero attached hydrogens (tertiary/aromatic N) is 5. The van der Waals surface area contributed by atoms with Gasteiger partial charge in [0.15, 0.2) is 18.2 Å². The molecule has 0 bridgehead atoms. The predicted molar refractivity (Wildman–Crippen MR) is 136 cm³/mol. The first-order chi connectivity index (χ1) is 19.1. The van der Waals surface area contributed by atoms with Gasteiger partial charge in [-0.3, -0.25) is 14.8 Å². The number of carbonyl (C=O) groups excluding carboxylic acids is 2. The lowest BCUT2D eigenvalue weighted by Crippen LogP contribution is -2.30. The maximum absolute atomic E-state index is 12.4. The number of nitriles is 1. The van der Waals surface area contributed by atoms with Gasteiger partial charge in [0, 0.05) is 11.8 Å². The predicted octanol–water partition coefficient (Wildman–Crippen LogP) is 1.70. The second-order valence-electron chi connectivity index (χ2n) is 9.72. The maximum Gasteiger partial charge on any atom is 0.415 e. The quantitative estimate of drug-likeness (QED) is 0.346. The van der Waals surface area contributed by atoms with Crippen LogP contribution >= 0.6 is 0 Å². The van der Waals surface area contributed by atoms with Crippen LogP contribution in [-0.2, 0) is 29.0 Å². The minimum Gasteiger partial charge on any atom is -0.489 e. The summed E-state index contributed by atoms with van der Waals surface area (Å²) in [5.74, 6) is 1.43. The van der Waals surface area contributed by atoms with Crippen LogP contribution in [0.2, 0.25) is 0 Å². The van der Waals surface area contributed by atoms with E-state index < -0.39 is 6.09 Å². The second-order valence-corrected chi connectivity index (χ2v) is 9.72. The van der Waals surface area contributed by atoms with Crippen molar-refractivity contribution < 1.29 is 23.8 Å². The van der Waals surface area contributed by atoms with E-state index in [1.165, 1.54) is 11.1 Å². The van der Waals surface area contributed by atoms with Gasteiger partial charge in [0.05, 0.1) is 30.6 Å². The summed E-state index contributed by atoms with van der Waals surface area (Å²) in [4.78, 5) is 33.8. The molecule has 0 radical (unpaired) electrons. The van der Waals surface area contributed by atoms with Gasteiger partial charge in [0.25, 0.3) is 11.8 Å². The molecule has 2 atom stereocenters. The van der Waals surface area contributed by atoms with Crippen LogP contribution in [0.25, 0.3) is 0 Å². The van der Waals surface area contributed by atoms with Gasteiger partial charge < -0.3 is 24.8 Å². The van der Waals surface area contributed by atoms with Crippen molar-refractivity contribution in [2.45, 2.75) is 32.0 Å². The van der Waals surface area contributed by atoms with Crippen molar-refractivity contribution in [1.29, 1.82) is 5.26 Å². The van der Waals surface area contributed by atoms with E-state index in [1.54, 1.807) is 12.4 Å². The fourth-order valence-corrected chi connectivity index (χ4v) is 5.06. The van der Waals surface area contributed by atoms with Crippen LogP contribution in [0.5, 0.6) is 11.6 Å². The Bertz CT molecular complexity index is 1440. The Balaban J connectivity index is 0.979. The van der Waals surface area contributed by atoms with Gasteiger partial charge in [-0.2, -0.15) is 10.4 Å². The summed E-state index contributed by atoms with van der Waals surface area (Å²) in [6, 6.07) is 6.16. The Morgan fingerprint density at radius 1 is 1.26 bits per heavy atom. The van der Waals surface area contributed by atoms with Crippen molar-refractivity contribution in [3.63, 3.8) is 0 Å². The van der Waals surface area contributed by atoms with E-state index in [0.29, 0.717) is 49.2 Å². The molecule has 1 saturated heterocycles. The topological polar surface area (TPSA) is 167 Å². The highest BCUT2D eigenvalue weighted by Gasteiger charge is 2.34. The minimum absolute atomic E-state index is 0.115. The zero-order valence-electron chi connectivity index (χ0n) is 21.0. The van der Waals surface area contributed by atoms with E-state index in [1.807, 2.05) is 12.1 Å². The van der Waals surface area contributed by atoms with Gasteiger partial charge in [-0.05, 0) is 61.5 Å². The molecular weight excluding hydrogens is 504 g/mol. The summed E-state index contributed by atoms with van der Waals surface area (Å²) in [6.45, 7) is 2.06. The Labute approximate surface area is 223 Å². The number of benzene rings is 1. The average molecular weight is 531 g/mol.